The Morgan fingerprint density at radius 2 is 1.83 bits per heavy atom. The van der Waals surface area contributed by atoms with Crippen molar-refractivity contribution in [2.24, 2.45) is 0 Å². The molecule has 1 saturated heterocycles. The summed E-state index contributed by atoms with van der Waals surface area (Å²) in [7, 11) is 0. The summed E-state index contributed by atoms with van der Waals surface area (Å²) in [6.07, 6.45) is 3.39. The van der Waals surface area contributed by atoms with Crippen LogP contribution in [-0.4, -0.2) is 28.9 Å². The van der Waals surface area contributed by atoms with Gasteiger partial charge in [-0.1, -0.05) is 48.9 Å². The minimum Gasteiger partial charge on any atom is -0.336 e. The SMILES string of the molecule is O=C(c1nc2ccccc2s1)N1CCCC[C@@H](c2ccccc2)C1. The van der Waals surface area contributed by atoms with Gasteiger partial charge in [0.1, 0.15) is 0 Å². The maximum Gasteiger partial charge on any atom is 0.282 e. The number of carbonyl (C=O) groups is 1. The highest BCUT2D eigenvalue weighted by atomic mass is 32.1. The van der Waals surface area contributed by atoms with Crippen LogP contribution in [-0.2, 0) is 0 Å². The van der Waals surface area contributed by atoms with Gasteiger partial charge in [-0.3, -0.25) is 4.79 Å². The number of carbonyl (C=O) groups excluding carboxylic acids is 1. The van der Waals surface area contributed by atoms with Crippen molar-refractivity contribution in [2.45, 2.75) is 25.2 Å². The molecule has 1 aliphatic rings. The molecule has 0 aliphatic carbocycles. The second kappa shape index (κ2) is 6.73. The summed E-state index contributed by atoms with van der Waals surface area (Å²) in [6.45, 7) is 1.62. The molecule has 24 heavy (non-hydrogen) atoms. The Hall–Kier alpha value is -2.20. The van der Waals surface area contributed by atoms with E-state index >= 15 is 0 Å². The Bertz CT molecular complexity index is 810. The maximum atomic E-state index is 13.0. The van der Waals surface area contributed by atoms with Crippen LogP contribution in [0.3, 0.4) is 0 Å². The molecule has 1 aliphatic heterocycles. The Morgan fingerprint density at radius 1 is 1.04 bits per heavy atom. The summed E-state index contributed by atoms with van der Waals surface area (Å²) < 4.78 is 1.08. The number of hydrogen-bond acceptors (Lipinski definition) is 3. The van der Waals surface area contributed by atoms with Crippen molar-refractivity contribution in [3.63, 3.8) is 0 Å². The summed E-state index contributed by atoms with van der Waals surface area (Å²) >= 11 is 1.50. The molecule has 0 unspecified atom stereocenters. The number of nitrogens with zero attached hydrogens (tertiary/aromatic N) is 2. The first-order valence-corrected chi connectivity index (χ1v) is 9.33. The molecule has 0 radical (unpaired) electrons. The minimum absolute atomic E-state index is 0.0824. The van der Waals surface area contributed by atoms with Crippen LogP contribution in [0.15, 0.2) is 54.6 Å². The maximum absolute atomic E-state index is 13.0. The smallest absolute Gasteiger partial charge is 0.282 e. The largest absolute Gasteiger partial charge is 0.336 e. The van der Waals surface area contributed by atoms with E-state index in [1.54, 1.807) is 0 Å². The van der Waals surface area contributed by atoms with Gasteiger partial charge in [-0.05, 0) is 30.5 Å². The Morgan fingerprint density at radius 3 is 2.67 bits per heavy atom. The Labute approximate surface area is 146 Å². The summed E-state index contributed by atoms with van der Waals surface area (Å²) in [5, 5.41) is 0.616. The van der Waals surface area contributed by atoms with Gasteiger partial charge in [0.2, 0.25) is 0 Å². The molecule has 2 aromatic carbocycles. The number of likely N-dealkylation sites (tertiary alicyclic amines) is 1. The van der Waals surface area contributed by atoms with E-state index < -0.39 is 0 Å². The van der Waals surface area contributed by atoms with Crippen LogP contribution in [0.1, 0.15) is 40.5 Å². The summed E-state index contributed by atoms with van der Waals surface area (Å²) in [4.78, 5) is 19.5. The lowest BCUT2D eigenvalue weighted by molar-refractivity contribution is 0.0754. The molecule has 3 aromatic rings. The van der Waals surface area contributed by atoms with E-state index in [4.69, 9.17) is 0 Å². The zero-order valence-electron chi connectivity index (χ0n) is 13.5. The number of amides is 1. The first kappa shape index (κ1) is 15.3. The third kappa shape index (κ3) is 3.06. The third-order valence-electron chi connectivity index (χ3n) is 4.71. The van der Waals surface area contributed by atoms with Crippen LogP contribution < -0.4 is 0 Å². The predicted octanol–water partition coefficient (Wildman–Crippen LogP) is 4.71. The van der Waals surface area contributed by atoms with E-state index in [9.17, 15) is 4.79 Å². The van der Waals surface area contributed by atoms with Crippen LogP contribution in [0.4, 0.5) is 0 Å². The van der Waals surface area contributed by atoms with Crippen molar-refractivity contribution >= 4 is 27.5 Å². The van der Waals surface area contributed by atoms with Crippen LogP contribution in [0.25, 0.3) is 10.2 Å². The fourth-order valence-electron chi connectivity index (χ4n) is 3.42. The van der Waals surface area contributed by atoms with Gasteiger partial charge < -0.3 is 4.90 Å². The number of benzene rings is 2. The van der Waals surface area contributed by atoms with Crippen molar-refractivity contribution in [1.29, 1.82) is 0 Å². The van der Waals surface area contributed by atoms with Gasteiger partial charge in [-0.25, -0.2) is 4.98 Å². The highest BCUT2D eigenvalue weighted by molar-refractivity contribution is 7.20. The quantitative estimate of drug-likeness (QED) is 0.679. The zero-order valence-corrected chi connectivity index (χ0v) is 14.3. The van der Waals surface area contributed by atoms with Gasteiger partial charge in [-0.15, -0.1) is 11.3 Å². The van der Waals surface area contributed by atoms with E-state index in [-0.39, 0.29) is 5.91 Å². The van der Waals surface area contributed by atoms with Crippen molar-refractivity contribution < 1.29 is 4.79 Å². The molecule has 1 atom stereocenters. The molecule has 122 valence electrons. The van der Waals surface area contributed by atoms with E-state index in [0.29, 0.717) is 10.9 Å². The van der Waals surface area contributed by atoms with Gasteiger partial charge in [-0.2, -0.15) is 0 Å². The van der Waals surface area contributed by atoms with E-state index in [1.165, 1.54) is 23.3 Å². The third-order valence-corrected chi connectivity index (χ3v) is 5.73. The van der Waals surface area contributed by atoms with Crippen molar-refractivity contribution in [3.8, 4) is 0 Å². The number of aromatic nitrogens is 1. The molecule has 4 rings (SSSR count). The van der Waals surface area contributed by atoms with E-state index in [2.05, 4.69) is 29.2 Å². The molecule has 3 nitrogen and oxygen atoms in total. The molecule has 0 N–H and O–H groups in total. The van der Waals surface area contributed by atoms with Crippen LogP contribution in [0.2, 0.25) is 0 Å². The lowest BCUT2D eigenvalue weighted by Crippen LogP contribution is -2.34. The number of para-hydroxylation sites is 1. The van der Waals surface area contributed by atoms with Gasteiger partial charge in [0, 0.05) is 19.0 Å². The predicted molar refractivity (Wildman–Crippen MR) is 98.6 cm³/mol. The standard InChI is InChI=1S/C20H20N2OS/c23-20(19-21-17-11-4-5-12-18(17)24-19)22-13-7-6-10-16(14-22)15-8-2-1-3-9-15/h1-5,8-9,11-12,16H,6-7,10,13-14H2/t16-/m1/s1. The molecule has 0 spiro atoms. The average Bonchev–Trinajstić information content (AvgIpc) is 2.91. The number of rotatable bonds is 2. The molecule has 1 amide bonds. The second-order valence-corrected chi connectivity index (χ2v) is 7.37. The van der Waals surface area contributed by atoms with Crippen LogP contribution in [0, 0.1) is 0 Å². The van der Waals surface area contributed by atoms with Crippen LogP contribution >= 0.6 is 11.3 Å². The number of thiazole rings is 1. The average molecular weight is 336 g/mol. The first-order valence-electron chi connectivity index (χ1n) is 8.51. The van der Waals surface area contributed by atoms with Crippen LogP contribution in [0.5, 0.6) is 0 Å². The fourth-order valence-corrected chi connectivity index (χ4v) is 4.36. The van der Waals surface area contributed by atoms with Crippen molar-refractivity contribution in [3.05, 3.63) is 65.2 Å². The highest BCUT2D eigenvalue weighted by Gasteiger charge is 2.25. The lowest BCUT2D eigenvalue weighted by Gasteiger charge is -2.24. The summed E-state index contributed by atoms with van der Waals surface area (Å²) in [6, 6.07) is 18.5. The van der Waals surface area contributed by atoms with Gasteiger partial charge in [0.25, 0.3) is 5.91 Å². The fraction of sp³-hybridized carbons (Fsp3) is 0.300. The van der Waals surface area contributed by atoms with Gasteiger partial charge >= 0.3 is 0 Å². The minimum atomic E-state index is 0.0824. The molecule has 0 bridgehead atoms. The van der Waals surface area contributed by atoms with Crippen molar-refractivity contribution in [1.82, 2.24) is 9.88 Å². The number of hydrogen-bond donors (Lipinski definition) is 0. The lowest BCUT2D eigenvalue weighted by atomic mass is 9.94. The molecule has 1 aromatic heterocycles. The van der Waals surface area contributed by atoms with E-state index in [0.717, 1.165) is 36.1 Å². The number of fused-ring (bicyclic) bond motifs is 1. The van der Waals surface area contributed by atoms with Crippen molar-refractivity contribution in [2.75, 3.05) is 13.1 Å². The summed E-state index contributed by atoms with van der Waals surface area (Å²) in [5.74, 6) is 0.506. The zero-order chi connectivity index (χ0) is 16.4. The van der Waals surface area contributed by atoms with Gasteiger partial charge in [0.05, 0.1) is 10.2 Å². The monoisotopic (exact) mass is 336 g/mol. The molecular weight excluding hydrogens is 316 g/mol. The summed E-state index contributed by atoms with van der Waals surface area (Å²) in [5.41, 5.74) is 2.25. The first-order chi connectivity index (χ1) is 11.8. The second-order valence-electron chi connectivity index (χ2n) is 6.34. The van der Waals surface area contributed by atoms with Gasteiger partial charge in [0.15, 0.2) is 5.01 Å². The molecule has 2 heterocycles. The molecular formula is C20H20N2OS. The normalized spacial score (nSPS) is 18.5. The molecule has 1 fully saturated rings. The Kier molecular flexibility index (Phi) is 4.30. The molecule has 4 heteroatoms. The Balaban J connectivity index is 1.58. The molecule has 0 saturated carbocycles. The van der Waals surface area contributed by atoms with E-state index in [1.807, 2.05) is 35.2 Å². The topological polar surface area (TPSA) is 33.2 Å². The highest BCUT2D eigenvalue weighted by Crippen LogP contribution is 2.28.